The Kier molecular flexibility index (Phi) is 3.64. The highest BCUT2D eigenvalue weighted by Crippen LogP contribution is 2.08. The molecule has 1 rings (SSSR count). The van der Waals surface area contributed by atoms with E-state index in [4.69, 9.17) is 6.42 Å². The zero-order chi connectivity index (χ0) is 11.3. The fourth-order valence-corrected chi connectivity index (χ4v) is 1.24. The Hall–Kier alpha value is -2.08. The lowest BCUT2D eigenvalue weighted by Gasteiger charge is -2.06. The summed E-state index contributed by atoms with van der Waals surface area (Å²) < 4.78 is 0. The van der Waals surface area contributed by atoms with Gasteiger partial charge in [-0.1, -0.05) is 24.3 Å². The fourth-order valence-electron chi connectivity index (χ4n) is 1.24. The van der Waals surface area contributed by atoms with Gasteiger partial charge in [0.25, 0.3) is 5.91 Å². The molecule has 1 amide bonds. The van der Waals surface area contributed by atoms with Crippen LogP contribution in [0, 0.1) is 12.3 Å². The van der Waals surface area contributed by atoms with E-state index in [9.17, 15) is 9.59 Å². The molecule has 1 N–H and O–H groups in total. The summed E-state index contributed by atoms with van der Waals surface area (Å²) in [5.74, 6) is 1.44. The van der Waals surface area contributed by atoms with Crippen molar-refractivity contribution in [2.75, 3.05) is 0 Å². The second-order valence-corrected chi connectivity index (χ2v) is 3.04. The van der Waals surface area contributed by atoms with Crippen molar-refractivity contribution in [3.8, 4) is 12.3 Å². The number of rotatable bonds is 3. The van der Waals surface area contributed by atoms with Crippen molar-refractivity contribution in [1.82, 2.24) is 5.32 Å². The van der Waals surface area contributed by atoms with Crippen LogP contribution in [0.5, 0.6) is 0 Å². The summed E-state index contributed by atoms with van der Waals surface area (Å²) in [4.78, 5) is 22.1. The average molecular weight is 201 g/mol. The summed E-state index contributed by atoms with van der Waals surface area (Å²) in [7, 11) is 0. The smallest absolute Gasteiger partial charge is 0.295 e. The molecule has 15 heavy (non-hydrogen) atoms. The molecular weight excluding hydrogens is 190 g/mol. The third-order valence-corrected chi connectivity index (χ3v) is 1.97. The number of amides is 1. The second kappa shape index (κ2) is 4.97. The van der Waals surface area contributed by atoms with Crippen molar-refractivity contribution in [3.05, 3.63) is 35.4 Å². The zero-order valence-electron chi connectivity index (χ0n) is 8.41. The van der Waals surface area contributed by atoms with E-state index in [1.54, 1.807) is 18.2 Å². The van der Waals surface area contributed by atoms with Gasteiger partial charge in [-0.3, -0.25) is 9.59 Å². The molecule has 0 spiro atoms. The Morgan fingerprint density at radius 1 is 1.40 bits per heavy atom. The second-order valence-electron chi connectivity index (χ2n) is 3.04. The number of hydrogen-bond acceptors (Lipinski definition) is 2. The third-order valence-electron chi connectivity index (χ3n) is 1.97. The zero-order valence-corrected chi connectivity index (χ0v) is 8.41. The number of Topliss-reactive ketones (excluding diaryl/α,β-unsaturated/α-hetero) is 1. The molecule has 0 heterocycles. The van der Waals surface area contributed by atoms with Crippen molar-refractivity contribution in [3.63, 3.8) is 0 Å². The number of nitrogens with one attached hydrogen (secondary N) is 1. The molecule has 0 aliphatic heterocycles. The summed E-state index contributed by atoms with van der Waals surface area (Å²) in [6.45, 7) is 1.76. The largest absolute Gasteiger partial charge is 0.341 e. The predicted molar refractivity (Wildman–Crippen MR) is 57.1 cm³/mol. The number of carbonyl (C=O) groups is 2. The van der Waals surface area contributed by atoms with Gasteiger partial charge in [-0.15, -0.1) is 6.42 Å². The summed E-state index contributed by atoms with van der Waals surface area (Å²) in [5, 5.41) is 2.52. The third kappa shape index (κ3) is 2.96. The van der Waals surface area contributed by atoms with E-state index in [-0.39, 0.29) is 12.3 Å². The quantitative estimate of drug-likeness (QED) is 0.588. The lowest BCUT2D eigenvalue weighted by molar-refractivity contribution is -0.115. The number of ketones is 1. The van der Waals surface area contributed by atoms with Crippen molar-refractivity contribution in [1.29, 1.82) is 0 Å². The topological polar surface area (TPSA) is 46.2 Å². The van der Waals surface area contributed by atoms with Crippen LogP contribution < -0.4 is 5.32 Å². The first kappa shape index (κ1) is 11.0. The lowest BCUT2D eigenvalue weighted by atomic mass is 10.0. The van der Waals surface area contributed by atoms with Gasteiger partial charge in [0.05, 0.1) is 0 Å². The van der Waals surface area contributed by atoms with E-state index in [1.165, 1.54) is 6.92 Å². The molecule has 76 valence electrons. The minimum absolute atomic E-state index is 0.0273. The first-order valence-electron chi connectivity index (χ1n) is 4.48. The molecule has 0 aliphatic rings. The minimum Gasteiger partial charge on any atom is -0.341 e. The highest BCUT2D eigenvalue weighted by atomic mass is 16.1. The maximum atomic E-state index is 11.2. The van der Waals surface area contributed by atoms with E-state index in [0.717, 1.165) is 5.56 Å². The molecule has 0 saturated carbocycles. The summed E-state index contributed by atoms with van der Waals surface area (Å²) in [6.07, 6.45) is 4.91. The van der Waals surface area contributed by atoms with Gasteiger partial charge in [-0.25, -0.2) is 0 Å². The number of carbonyl (C=O) groups excluding carboxylic acids is 2. The Labute approximate surface area is 88.5 Å². The van der Waals surface area contributed by atoms with E-state index in [0.29, 0.717) is 5.56 Å². The van der Waals surface area contributed by atoms with Crippen LogP contribution in [0.4, 0.5) is 0 Å². The first-order valence-corrected chi connectivity index (χ1v) is 4.48. The van der Waals surface area contributed by atoms with Crippen molar-refractivity contribution in [2.24, 2.45) is 0 Å². The molecule has 0 bridgehead atoms. The van der Waals surface area contributed by atoms with Crippen LogP contribution in [0.2, 0.25) is 0 Å². The molecule has 3 nitrogen and oxygen atoms in total. The van der Waals surface area contributed by atoms with E-state index >= 15 is 0 Å². The number of hydrogen-bond donors (Lipinski definition) is 1. The highest BCUT2D eigenvalue weighted by molar-refractivity contribution is 5.96. The Balaban J connectivity index is 2.81. The maximum Gasteiger partial charge on any atom is 0.295 e. The number of benzene rings is 1. The van der Waals surface area contributed by atoms with Crippen molar-refractivity contribution >= 4 is 11.7 Å². The van der Waals surface area contributed by atoms with Crippen LogP contribution in [-0.2, 0) is 11.3 Å². The lowest BCUT2D eigenvalue weighted by Crippen LogP contribution is -2.21. The molecule has 1 aromatic carbocycles. The normalized spacial score (nSPS) is 9.07. The van der Waals surface area contributed by atoms with Gasteiger partial charge in [-0.05, 0) is 18.4 Å². The van der Waals surface area contributed by atoms with Crippen molar-refractivity contribution < 1.29 is 9.59 Å². The molecule has 0 fully saturated rings. The Morgan fingerprint density at radius 2 is 2.07 bits per heavy atom. The standard InChI is InChI=1S/C12H11NO2/c1-3-12(15)13-8-10-6-4-5-7-11(10)9(2)14/h1,4-7H,8H2,2H3,(H,13,15). The SMILES string of the molecule is C#CC(=O)NCc1ccccc1C(C)=O. The van der Waals surface area contributed by atoms with E-state index < -0.39 is 5.91 Å². The van der Waals surface area contributed by atoms with Gasteiger partial charge in [-0.2, -0.15) is 0 Å². The predicted octanol–water partition coefficient (Wildman–Crippen LogP) is 1.14. The van der Waals surface area contributed by atoms with Crippen LogP contribution in [0.3, 0.4) is 0 Å². The van der Waals surface area contributed by atoms with Crippen molar-refractivity contribution in [2.45, 2.75) is 13.5 Å². The summed E-state index contributed by atoms with van der Waals surface area (Å²) in [5.41, 5.74) is 1.38. The van der Waals surface area contributed by atoms with Crippen LogP contribution >= 0.6 is 0 Å². The van der Waals surface area contributed by atoms with Gasteiger partial charge in [0.1, 0.15) is 0 Å². The van der Waals surface area contributed by atoms with Crippen LogP contribution in [0.1, 0.15) is 22.8 Å². The molecule has 0 atom stereocenters. The van der Waals surface area contributed by atoms with Crippen LogP contribution in [-0.4, -0.2) is 11.7 Å². The maximum absolute atomic E-state index is 11.2. The molecule has 0 aromatic heterocycles. The van der Waals surface area contributed by atoms with Gasteiger partial charge >= 0.3 is 0 Å². The van der Waals surface area contributed by atoms with Crippen LogP contribution in [0.15, 0.2) is 24.3 Å². The summed E-state index contributed by atoms with van der Waals surface area (Å²) in [6, 6.07) is 7.10. The van der Waals surface area contributed by atoms with Gasteiger partial charge < -0.3 is 5.32 Å². The Bertz CT molecular complexity index is 429. The van der Waals surface area contributed by atoms with Crippen LogP contribution in [0.25, 0.3) is 0 Å². The first-order chi connectivity index (χ1) is 7.15. The highest BCUT2D eigenvalue weighted by Gasteiger charge is 2.06. The summed E-state index contributed by atoms with van der Waals surface area (Å²) >= 11 is 0. The number of terminal acetylenes is 1. The molecular formula is C12H11NO2. The fraction of sp³-hybridized carbons (Fsp3) is 0.167. The molecule has 0 saturated heterocycles. The monoisotopic (exact) mass is 201 g/mol. The van der Waals surface area contributed by atoms with Gasteiger partial charge in [0.2, 0.25) is 0 Å². The van der Waals surface area contributed by atoms with E-state index in [2.05, 4.69) is 5.32 Å². The average Bonchev–Trinajstić information content (AvgIpc) is 2.26. The van der Waals surface area contributed by atoms with Gasteiger partial charge in [0.15, 0.2) is 5.78 Å². The molecule has 3 heteroatoms. The minimum atomic E-state index is -0.478. The molecule has 0 radical (unpaired) electrons. The molecule has 1 aromatic rings. The molecule has 0 unspecified atom stereocenters. The van der Waals surface area contributed by atoms with Gasteiger partial charge in [0, 0.05) is 12.1 Å². The Morgan fingerprint density at radius 3 is 2.67 bits per heavy atom. The molecule has 0 aliphatic carbocycles. The van der Waals surface area contributed by atoms with E-state index in [1.807, 2.05) is 12.0 Å².